The Balaban J connectivity index is 0.000000806. The predicted octanol–water partition coefficient (Wildman–Crippen LogP) is 7.92. The summed E-state index contributed by atoms with van der Waals surface area (Å²) in [6, 6.07) is 35.5. The van der Waals surface area contributed by atoms with Gasteiger partial charge in [0.1, 0.15) is 5.75 Å². The summed E-state index contributed by atoms with van der Waals surface area (Å²) in [6.45, 7) is 0. The van der Waals surface area contributed by atoms with Crippen molar-refractivity contribution < 1.29 is 17.6 Å². The molecule has 0 bridgehead atoms. The summed E-state index contributed by atoms with van der Waals surface area (Å²) in [5.41, 5.74) is 5.04. The molecule has 2 nitrogen and oxygen atoms in total. The minimum absolute atomic E-state index is 0.238. The second-order valence-corrected chi connectivity index (χ2v) is 13.3. The van der Waals surface area contributed by atoms with Gasteiger partial charge in [0.15, 0.2) is 0 Å². The van der Waals surface area contributed by atoms with Crippen molar-refractivity contribution in [3.05, 3.63) is 120 Å². The molecule has 0 saturated heterocycles. The number of benzene rings is 4. The Hall–Kier alpha value is -2.11. The van der Waals surface area contributed by atoms with Crippen LogP contribution in [0, 0.1) is 0 Å². The summed E-state index contributed by atoms with van der Waals surface area (Å²) in [5.74, 6) is 0.238. The quantitative estimate of drug-likeness (QED) is 0.253. The molecule has 0 radical (unpaired) electrons. The molecule has 149 valence electrons. The van der Waals surface area contributed by atoms with Gasteiger partial charge in [0.2, 0.25) is 0 Å². The van der Waals surface area contributed by atoms with E-state index in [0.29, 0.717) is 18.1 Å². The van der Waals surface area contributed by atoms with Crippen LogP contribution in [-0.2, 0) is 12.5 Å². The number of phenols is 1. The summed E-state index contributed by atoms with van der Waals surface area (Å²) in [4.78, 5) is 4.85. The SMILES string of the molecule is Oc1c(C(=Nc2ccccc2)c2ccccc2)cccc1-c1ccccc1.[Br][V][Br]. The van der Waals surface area contributed by atoms with Crippen LogP contribution in [0.2, 0.25) is 0 Å². The molecule has 0 amide bonds. The van der Waals surface area contributed by atoms with Crippen molar-refractivity contribution in [3.8, 4) is 16.9 Å². The molecule has 30 heavy (non-hydrogen) atoms. The topological polar surface area (TPSA) is 32.6 Å². The van der Waals surface area contributed by atoms with Crippen LogP contribution in [0.5, 0.6) is 5.75 Å². The van der Waals surface area contributed by atoms with E-state index < -0.39 is 0 Å². The van der Waals surface area contributed by atoms with Crippen LogP contribution in [0.25, 0.3) is 11.1 Å². The van der Waals surface area contributed by atoms with Crippen LogP contribution >= 0.6 is 27.6 Å². The Kier molecular flexibility index (Phi) is 8.97. The van der Waals surface area contributed by atoms with Crippen molar-refractivity contribution in [1.29, 1.82) is 0 Å². The molecule has 0 heterocycles. The van der Waals surface area contributed by atoms with Gasteiger partial charge in [0.25, 0.3) is 0 Å². The molecule has 0 aromatic heterocycles. The number of hydrogen-bond acceptors (Lipinski definition) is 2. The van der Waals surface area contributed by atoms with Gasteiger partial charge in [-0.1, -0.05) is 91.0 Å². The maximum absolute atomic E-state index is 11.1. The average Bonchev–Trinajstić information content (AvgIpc) is 2.80. The number of aromatic hydroxyl groups is 1. The summed E-state index contributed by atoms with van der Waals surface area (Å²) < 4.78 is 0. The van der Waals surface area contributed by atoms with E-state index in [9.17, 15) is 5.11 Å². The molecule has 0 saturated carbocycles. The third-order valence-corrected chi connectivity index (χ3v) is 4.42. The molecule has 0 aliphatic carbocycles. The van der Waals surface area contributed by atoms with Gasteiger partial charge in [-0.25, -0.2) is 4.99 Å². The van der Waals surface area contributed by atoms with E-state index in [-0.39, 0.29) is 5.75 Å². The third-order valence-electron chi connectivity index (χ3n) is 4.42. The molecule has 0 fully saturated rings. The third kappa shape index (κ3) is 5.96. The van der Waals surface area contributed by atoms with Gasteiger partial charge < -0.3 is 5.11 Å². The van der Waals surface area contributed by atoms with Crippen molar-refractivity contribution >= 4 is 39.0 Å². The van der Waals surface area contributed by atoms with Crippen LogP contribution in [0.3, 0.4) is 0 Å². The number of para-hydroxylation sites is 2. The van der Waals surface area contributed by atoms with E-state index in [1.54, 1.807) is 0 Å². The fourth-order valence-corrected chi connectivity index (χ4v) is 3.09. The second kappa shape index (κ2) is 11.9. The molecule has 4 aromatic rings. The summed E-state index contributed by atoms with van der Waals surface area (Å²) in [5, 5.41) is 11.1. The zero-order valence-electron chi connectivity index (χ0n) is 16.0. The maximum atomic E-state index is 11.1. The van der Waals surface area contributed by atoms with Gasteiger partial charge in [-0.2, -0.15) is 0 Å². The first-order valence-corrected chi connectivity index (χ1v) is 16.1. The Morgan fingerprint density at radius 1 is 0.667 bits per heavy atom. The molecule has 4 rings (SSSR count). The Morgan fingerprint density at radius 3 is 1.80 bits per heavy atom. The van der Waals surface area contributed by atoms with E-state index in [2.05, 4.69) is 27.6 Å². The van der Waals surface area contributed by atoms with Crippen molar-refractivity contribution in [2.45, 2.75) is 0 Å². The number of aliphatic imine (C=N–C) groups is 1. The zero-order valence-corrected chi connectivity index (χ0v) is 20.6. The van der Waals surface area contributed by atoms with Gasteiger partial charge >= 0.3 is 40.1 Å². The van der Waals surface area contributed by atoms with Crippen LogP contribution in [0.4, 0.5) is 5.69 Å². The predicted molar refractivity (Wildman–Crippen MR) is 130 cm³/mol. The fourth-order valence-electron chi connectivity index (χ4n) is 3.09. The van der Waals surface area contributed by atoms with Gasteiger partial charge in [0, 0.05) is 16.7 Å². The number of hydrogen-bond donors (Lipinski definition) is 1. The summed E-state index contributed by atoms with van der Waals surface area (Å²) >= 11 is 6.62. The van der Waals surface area contributed by atoms with E-state index in [0.717, 1.165) is 28.1 Å². The van der Waals surface area contributed by atoms with Gasteiger partial charge in [-0.15, -0.1) is 0 Å². The number of phenolic OH excluding ortho intramolecular Hbond substituents is 1. The second-order valence-electron chi connectivity index (χ2n) is 6.29. The standard InChI is InChI=1S/C25H19NO.2BrH.V/c27-25-22(19-11-4-1-5-12-19)17-10-18-23(25)24(20-13-6-2-7-14-20)26-21-15-8-3-9-16-21;;;/h1-18,27H;2*1H;/q;;;+2/p-2. The number of nitrogens with zero attached hydrogens (tertiary/aromatic N) is 1. The van der Waals surface area contributed by atoms with E-state index in [1.165, 1.54) is 0 Å². The normalized spacial score (nSPS) is 10.7. The Labute approximate surface area is 197 Å². The first kappa shape index (κ1) is 22.6. The molecule has 0 unspecified atom stereocenters. The van der Waals surface area contributed by atoms with E-state index in [1.807, 2.05) is 109 Å². The Bertz CT molecular complexity index is 1090. The Morgan fingerprint density at radius 2 is 1.20 bits per heavy atom. The molecule has 0 spiro atoms. The molecule has 5 heteroatoms. The first-order chi connectivity index (χ1) is 14.7. The zero-order chi connectivity index (χ0) is 21.2. The van der Waals surface area contributed by atoms with Crippen LogP contribution < -0.4 is 0 Å². The van der Waals surface area contributed by atoms with Crippen LogP contribution in [0.15, 0.2) is 114 Å². The first-order valence-electron chi connectivity index (χ1n) is 9.23. The van der Waals surface area contributed by atoms with Crippen molar-refractivity contribution in [2.24, 2.45) is 4.99 Å². The molecular formula is C25H19Br2NOV. The van der Waals surface area contributed by atoms with Crippen molar-refractivity contribution in [2.75, 3.05) is 0 Å². The van der Waals surface area contributed by atoms with Crippen LogP contribution in [-0.4, -0.2) is 10.8 Å². The van der Waals surface area contributed by atoms with Gasteiger partial charge in [0.05, 0.1) is 11.4 Å². The van der Waals surface area contributed by atoms with Gasteiger partial charge in [-0.05, 0) is 23.8 Å². The van der Waals surface area contributed by atoms with E-state index >= 15 is 0 Å². The molecule has 0 atom stereocenters. The van der Waals surface area contributed by atoms with Crippen molar-refractivity contribution in [3.63, 3.8) is 0 Å². The summed E-state index contributed by atoms with van der Waals surface area (Å²) in [7, 11) is 0. The number of rotatable bonds is 4. The molecule has 4 aromatic carbocycles. The average molecular weight is 560 g/mol. The fraction of sp³-hybridized carbons (Fsp3) is 0. The van der Waals surface area contributed by atoms with Gasteiger partial charge in [-0.3, -0.25) is 0 Å². The number of halogens is 2. The minimum atomic E-state index is 0.238. The summed E-state index contributed by atoms with van der Waals surface area (Å²) in [6.07, 6.45) is 0. The molecule has 0 aliphatic rings. The molecule has 0 aliphatic heterocycles. The molecular weight excluding hydrogens is 541 g/mol. The molecule has 1 N–H and O–H groups in total. The monoisotopic (exact) mass is 558 g/mol. The van der Waals surface area contributed by atoms with Crippen LogP contribution in [0.1, 0.15) is 11.1 Å². The van der Waals surface area contributed by atoms with E-state index in [4.69, 9.17) is 4.99 Å². The van der Waals surface area contributed by atoms with Crippen molar-refractivity contribution in [1.82, 2.24) is 0 Å².